The summed E-state index contributed by atoms with van der Waals surface area (Å²) in [7, 11) is 0. The number of hydrogen-bond donors (Lipinski definition) is 4. The fraction of sp³-hybridized carbons (Fsp3) is 0.923. The standard InChI is InChI=1S/C26H54N4O3/c1-24(31)29-21-19-23-33-22-18-16-14-12-10-8-6-4-2-3-5-7-9-11-13-15-17-20-30-26(32)25(27)28/h25H,2-23,27-28H2,1H3,(H,29,31)(H,30,32). The molecule has 0 radical (unpaired) electrons. The molecule has 0 aromatic rings. The highest BCUT2D eigenvalue weighted by Crippen LogP contribution is 2.14. The minimum atomic E-state index is -0.897. The van der Waals surface area contributed by atoms with E-state index in [1.165, 1.54) is 89.9 Å². The minimum Gasteiger partial charge on any atom is -0.381 e. The number of nitrogens with two attached hydrogens (primary N) is 2. The van der Waals surface area contributed by atoms with Gasteiger partial charge in [0.2, 0.25) is 5.91 Å². The van der Waals surface area contributed by atoms with Crippen LogP contribution in [0.5, 0.6) is 0 Å². The molecule has 0 unspecified atom stereocenters. The summed E-state index contributed by atoms with van der Waals surface area (Å²) in [4.78, 5) is 21.9. The van der Waals surface area contributed by atoms with Crippen LogP contribution in [0.25, 0.3) is 0 Å². The molecular formula is C26H54N4O3. The summed E-state index contributed by atoms with van der Waals surface area (Å²) in [5.41, 5.74) is 10.6. The van der Waals surface area contributed by atoms with Crippen molar-refractivity contribution in [2.75, 3.05) is 26.3 Å². The Kier molecular flexibility index (Phi) is 24.5. The molecule has 0 bridgehead atoms. The number of hydrogen-bond acceptors (Lipinski definition) is 5. The first-order valence-corrected chi connectivity index (χ1v) is 13.6. The van der Waals surface area contributed by atoms with Crippen molar-refractivity contribution in [1.82, 2.24) is 10.6 Å². The first-order valence-electron chi connectivity index (χ1n) is 13.6. The molecule has 2 amide bonds. The summed E-state index contributed by atoms with van der Waals surface area (Å²) >= 11 is 0. The topological polar surface area (TPSA) is 119 Å². The SMILES string of the molecule is CC(=O)NCCCOCCCCCCCCCCCCCCCCCCCNC(=O)C(N)N. The van der Waals surface area contributed by atoms with Gasteiger partial charge in [-0.1, -0.05) is 96.3 Å². The van der Waals surface area contributed by atoms with Crippen molar-refractivity contribution in [2.45, 2.75) is 129 Å². The van der Waals surface area contributed by atoms with Gasteiger partial charge in [0.15, 0.2) is 0 Å². The number of rotatable bonds is 25. The smallest absolute Gasteiger partial charge is 0.251 e. The second kappa shape index (κ2) is 25.4. The number of carbonyl (C=O) groups is 2. The Morgan fingerprint density at radius 2 is 0.939 bits per heavy atom. The highest BCUT2D eigenvalue weighted by Gasteiger charge is 2.05. The van der Waals surface area contributed by atoms with Crippen LogP contribution in [0.2, 0.25) is 0 Å². The third-order valence-corrected chi connectivity index (χ3v) is 5.91. The van der Waals surface area contributed by atoms with Crippen LogP contribution < -0.4 is 22.1 Å². The monoisotopic (exact) mass is 470 g/mol. The van der Waals surface area contributed by atoms with Crippen molar-refractivity contribution in [1.29, 1.82) is 0 Å². The van der Waals surface area contributed by atoms with Crippen molar-refractivity contribution in [3.63, 3.8) is 0 Å². The molecule has 0 atom stereocenters. The lowest BCUT2D eigenvalue weighted by atomic mass is 10.0. The third kappa shape index (κ3) is 26.9. The van der Waals surface area contributed by atoms with Crippen LogP contribution in [0.15, 0.2) is 0 Å². The van der Waals surface area contributed by atoms with Gasteiger partial charge in [0, 0.05) is 33.2 Å². The molecule has 0 rings (SSSR count). The molecule has 33 heavy (non-hydrogen) atoms. The van der Waals surface area contributed by atoms with E-state index in [9.17, 15) is 9.59 Å². The Labute approximate surface area is 203 Å². The van der Waals surface area contributed by atoms with Crippen LogP contribution in [-0.2, 0) is 14.3 Å². The second-order valence-electron chi connectivity index (χ2n) is 9.28. The molecular weight excluding hydrogens is 416 g/mol. The van der Waals surface area contributed by atoms with Crippen molar-refractivity contribution >= 4 is 11.8 Å². The summed E-state index contributed by atoms with van der Waals surface area (Å²) in [5.74, 6) is -0.231. The molecule has 6 N–H and O–H groups in total. The third-order valence-electron chi connectivity index (χ3n) is 5.91. The van der Waals surface area contributed by atoms with E-state index >= 15 is 0 Å². The zero-order chi connectivity index (χ0) is 24.4. The Bertz CT molecular complexity index is 447. The fourth-order valence-electron chi connectivity index (χ4n) is 3.85. The van der Waals surface area contributed by atoms with Crippen LogP contribution >= 0.6 is 0 Å². The van der Waals surface area contributed by atoms with Gasteiger partial charge in [0.1, 0.15) is 6.17 Å². The van der Waals surface area contributed by atoms with Crippen LogP contribution in [0.1, 0.15) is 122 Å². The average Bonchev–Trinajstić information content (AvgIpc) is 2.78. The van der Waals surface area contributed by atoms with E-state index in [2.05, 4.69) is 10.6 Å². The maximum absolute atomic E-state index is 11.2. The predicted molar refractivity (Wildman–Crippen MR) is 138 cm³/mol. The first-order chi connectivity index (χ1) is 16.0. The quantitative estimate of drug-likeness (QED) is 0.115. The van der Waals surface area contributed by atoms with Gasteiger partial charge in [-0.3, -0.25) is 9.59 Å². The fourth-order valence-corrected chi connectivity index (χ4v) is 3.85. The second-order valence-corrected chi connectivity index (χ2v) is 9.28. The number of carbonyl (C=O) groups excluding carboxylic acids is 2. The minimum absolute atomic E-state index is 0.0322. The van der Waals surface area contributed by atoms with Crippen LogP contribution in [0.4, 0.5) is 0 Å². The lowest BCUT2D eigenvalue weighted by molar-refractivity contribution is -0.122. The zero-order valence-corrected chi connectivity index (χ0v) is 21.5. The molecule has 0 spiro atoms. The normalized spacial score (nSPS) is 11.2. The molecule has 0 fully saturated rings. The molecule has 0 aromatic heterocycles. The molecule has 0 saturated heterocycles. The summed E-state index contributed by atoms with van der Waals surface area (Å²) in [6.07, 6.45) is 22.2. The maximum Gasteiger partial charge on any atom is 0.251 e. The van der Waals surface area contributed by atoms with Gasteiger partial charge >= 0.3 is 0 Å². The Morgan fingerprint density at radius 3 is 1.36 bits per heavy atom. The van der Waals surface area contributed by atoms with Crippen molar-refractivity contribution in [3.8, 4) is 0 Å². The summed E-state index contributed by atoms with van der Waals surface area (Å²) < 4.78 is 5.59. The van der Waals surface area contributed by atoms with Gasteiger partial charge in [-0.05, 0) is 19.3 Å². The van der Waals surface area contributed by atoms with E-state index in [1.807, 2.05) is 0 Å². The molecule has 0 aliphatic rings. The molecule has 0 aromatic carbocycles. The molecule has 0 aliphatic heterocycles. The van der Waals surface area contributed by atoms with Gasteiger partial charge in [-0.25, -0.2) is 0 Å². The predicted octanol–water partition coefficient (Wildman–Crippen LogP) is 4.52. The van der Waals surface area contributed by atoms with Crippen LogP contribution in [0, 0.1) is 0 Å². The molecule has 196 valence electrons. The molecule has 0 aliphatic carbocycles. The Balaban J connectivity index is 3.06. The van der Waals surface area contributed by atoms with Gasteiger partial charge in [-0.2, -0.15) is 0 Å². The van der Waals surface area contributed by atoms with Gasteiger partial charge in [-0.15, -0.1) is 0 Å². The van der Waals surface area contributed by atoms with E-state index in [0.717, 1.165) is 38.9 Å². The maximum atomic E-state index is 11.2. The van der Waals surface area contributed by atoms with Gasteiger partial charge in [0.25, 0.3) is 5.91 Å². The Hall–Kier alpha value is -1.18. The van der Waals surface area contributed by atoms with Crippen LogP contribution in [-0.4, -0.2) is 44.3 Å². The number of nitrogens with one attached hydrogen (secondary N) is 2. The largest absolute Gasteiger partial charge is 0.381 e. The summed E-state index contributed by atoms with van der Waals surface area (Å²) in [6.45, 7) is 4.54. The van der Waals surface area contributed by atoms with Gasteiger partial charge < -0.3 is 26.8 Å². The Morgan fingerprint density at radius 1 is 0.576 bits per heavy atom. The van der Waals surface area contributed by atoms with Gasteiger partial charge in [0.05, 0.1) is 0 Å². The average molecular weight is 471 g/mol. The first kappa shape index (κ1) is 31.8. The summed E-state index contributed by atoms with van der Waals surface area (Å²) in [6, 6.07) is 0. The van der Waals surface area contributed by atoms with E-state index in [0.29, 0.717) is 13.1 Å². The number of amides is 2. The lowest BCUT2D eigenvalue weighted by Crippen LogP contribution is -2.46. The van der Waals surface area contributed by atoms with Crippen molar-refractivity contribution in [3.05, 3.63) is 0 Å². The van der Waals surface area contributed by atoms with Crippen LogP contribution in [0.3, 0.4) is 0 Å². The molecule has 0 saturated carbocycles. The van der Waals surface area contributed by atoms with E-state index in [4.69, 9.17) is 16.2 Å². The van der Waals surface area contributed by atoms with E-state index in [1.54, 1.807) is 6.92 Å². The van der Waals surface area contributed by atoms with Crippen molar-refractivity contribution in [2.24, 2.45) is 11.5 Å². The van der Waals surface area contributed by atoms with Crippen molar-refractivity contribution < 1.29 is 14.3 Å². The highest BCUT2D eigenvalue weighted by molar-refractivity contribution is 5.80. The molecule has 7 heteroatoms. The number of unbranched alkanes of at least 4 members (excludes halogenated alkanes) is 16. The van der Waals surface area contributed by atoms with E-state index in [-0.39, 0.29) is 11.8 Å². The lowest BCUT2D eigenvalue weighted by Gasteiger charge is -2.07. The zero-order valence-electron chi connectivity index (χ0n) is 21.5. The van der Waals surface area contributed by atoms with E-state index < -0.39 is 6.17 Å². The molecule has 7 nitrogen and oxygen atoms in total. The number of ether oxygens (including phenoxy) is 1. The summed E-state index contributed by atoms with van der Waals surface area (Å²) in [5, 5.41) is 5.53. The highest BCUT2D eigenvalue weighted by atomic mass is 16.5. The molecule has 0 heterocycles.